The van der Waals surface area contributed by atoms with Crippen molar-refractivity contribution in [3.8, 4) is 16.9 Å². The van der Waals surface area contributed by atoms with E-state index >= 15 is 0 Å². The van der Waals surface area contributed by atoms with Crippen molar-refractivity contribution in [2.75, 3.05) is 7.11 Å². The fourth-order valence-corrected chi connectivity index (χ4v) is 3.27. The Balaban J connectivity index is 1.77. The number of hydrogen-bond acceptors (Lipinski definition) is 2. The summed E-state index contributed by atoms with van der Waals surface area (Å²) >= 11 is 0. The third-order valence-corrected chi connectivity index (χ3v) is 4.69. The van der Waals surface area contributed by atoms with Crippen LogP contribution in [0.25, 0.3) is 21.9 Å². The lowest BCUT2D eigenvalue weighted by molar-refractivity contribution is 0.416. The zero-order valence-electron chi connectivity index (χ0n) is 14.9. The van der Waals surface area contributed by atoms with Crippen molar-refractivity contribution < 1.29 is 9.13 Å². The SMILES string of the molecule is COc1ccccc1-c1ccc2c(=O)n(Cc3ccccc3F)ccc2c1. The third kappa shape index (κ3) is 3.22. The van der Waals surface area contributed by atoms with E-state index in [-0.39, 0.29) is 17.9 Å². The Labute approximate surface area is 156 Å². The summed E-state index contributed by atoms with van der Waals surface area (Å²) in [5, 5.41) is 1.45. The van der Waals surface area contributed by atoms with Gasteiger partial charge in [0, 0.05) is 22.7 Å². The molecule has 4 aromatic rings. The van der Waals surface area contributed by atoms with Crippen LogP contribution in [0.15, 0.2) is 83.8 Å². The predicted octanol–water partition coefficient (Wildman–Crippen LogP) is 4.86. The second-order valence-corrected chi connectivity index (χ2v) is 6.34. The molecule has 4 heteroatoms. The van der Waals surface area contributed by atoms with Gasteiger partial charge in [0.05, 0.1) is 13.7 Å². The highest BCUT2D eigenvalue weighted by atomic mass is 19.1. The van der Waals surface area contributed by atoms with E-state index in [0.717, 1.165) is 22.3 Å². The number of aromatic nitrogens is 1. The van der Waals surface area contributed by atoms with Crippen molar-refractivity contribution in [3.63, 3.8) is 0 Å². The molecule has 27 heavy (non-hydrogen) atoms. The molecular weight excluding hydrogens is 341 g/mol. The number of hydrogen-bond donors (Lipinski definition) is 0. The maximum Gasteiger partial charge on any atom is 0.258 e. The van der Waals surface area contributed by atoms with Crippen LogP contribution < -0.4 is 10.3 Å². The average molecular weight is 359 g/mol. The monoisotopic (exact) mass is 359 g/mol. The molecule has 0 radical (unpaired) electrons. The molecule has 0 aliphatic carbocycles. The molecule has 3 nitrogen and oxygen atoms in total. The molecule has 0 unspecified atom stereocenters. The van der Waals surface area contributed by atoms with Gasteiger partial charge in [0.15, 0.2) is 0 Å². The Hall–Kier alpha value is -3.40. The Bertz CT molecular complexity index is 1180. The van der Waals surface area contributed by atoms with Gasteiger partial charge in [-0.25, -0.2) is 4.39 Å². The maximum absolute atomic E-state index is 13.9. The van der Waals surface area contributed by atoms with Gasteiger partial charge in [-0.2, -0.15) is 0 Å². The van der Waals surface area contributed by atoms with Crippen molar-refractivity contribution >= 4 is 10.8 Å². The first kappa shape index (κ1) is 17.0. The molecule has 0 aliphatic rings. The molecule has 1 heterocycles. The van der Waals surface area contributed by atoms with E-state index in [1.54, 1.807) is 31.5 Å². The summed E-state index contributed by atoms with van der Waals surface area (Å²) < 4.78 is 20.9. The van der Waals surface area contributed by atoms with Gasteiger partial charge in [-0.3, -0.25) is 4.79 Å². The minimum atomic E-state index is -0.309. The van der Waals surface area contributed by atoms with Gasteiger partial charge < -0.3 is 9.30 Å². The van der Waals surface area contributed by atoms with Crippen LogP contribution in [0.3, 0.4) is 0 Å². The molecule has 0 bridgehead atoms. The third-order valence-electron chi connectivity index (χ3n) is 4.69. The van der Waals surface area contributed by atoms with Crippen molar-refractivity contribution in [2.45, 2.75) is 6.54 Å². The number of methoxy groups -OCH3 is 1. The van der Waals surface area contributed by atoms with E-state index in [1.165, 1.54) is 10.6 Å². The maximum atomic E-state index is 13.9. The second kappa shape index (κ2) is 7.08. The Morgan fingerprint density at radius 2 is 1.74 bits per heavy atom. The molecule has 4 rings (SSSR count). The highest BCUT2D eigenvalue weighted by Crippen LogP contribution is 2.31. The minimum absolute atomic E-state index is 0.137. The summed E-state index contributed by atoms with van der Waals surface area (Å²) in [5.74, 6) is 0.473. The number of ether oxygens (including phenoxy) is 1. The Kier molecular flexibility index (Phi) is 4.47. The molecule has 0 N–H and O–H groups in total. The summed E-state index contributed by atoms with van der Waals surface area (Å²) in [7, 11) is 1.64. The number of nitrogens with zero attached hydrogens (tertiary/aromatic N) is 1. The van der Waals surface area contributed by atoms with Crippen LogP contribution in [-0.4, -0.2) is 11.7 Å². The average Bonchev–Trinajstić information content (AvgIpc) is 2.71. The van der Waals surface area contributed by atoms with Gasteiger partial charge in [0.1, 0.15) is 11.6 Å². The first-order valence-electron chi connectivity index (χ1n) is 8.67. The van der Waals surface area contributed by atoms with Gasteiger partial charge in [0.2, 0.25) is 0 Å². The predicted molar refractivity (Wildman–Crippen MR) is 106 cm³/mol. The van der Waals surface area contributed by atoms with E-state index in [1.807, 2.05) is 48.5 Å². The molecule has 3 aromatic carbocycles. The van der Waals surface area contributed by atoms with Crippen LogP contribution in [0, 0.1) is 5.82 Å². The second-order valence-electron chi connectivity index (χ2n) is 6.34. The van der Waals surface area contributed by atoms with Crippen LogP contribution in [0.2, 0.25) is 0 Å². The molecule has 0 aliphatic heterocycles. The molecule has 0 saturated heterocycles. The molecule has 1 aromatic heterocycles. The van der Waals surface area contributed by atoms with E-state index < -0.39 is 0 Å². The molecule has 0 spiro atoms. The quantitative estimate of drug-likeness (QED) is 0.521. The summed E-state index contributed by atoms with van der Waals surface area (Å²) in [5.41, 5.74) is 2.30. The molecular formula is C23H18FNO2. The van der Waals surface area contributed by atoms with Crippen LogP contribution >= 0.6 is 0 Å². The smallest absolute Gasteiger partial charge is 0.258 e. The largest absolute Gasteiger partial charge is 0.496 e. The molecule has 0 amide bonds. The number of rotatable bonds is 4. The van der Waals surface area contributed by atoms with Crippen molar-refractivity contribution in [3.05, 3.63) is 101 Å². The number of pyridine rings is 1. The van der Waals surface area contributed by atoms with Gasteiger partial charge in [-0.15, -0.1) is 0 Å². The lowest BCUT2D eigenvalue weighted by atomic mass is 10.0. The van der Waals surface area contributed by atoms with E-state index in [2.05, 4.69) is 0 Å². The molecule has 0 saturated carbocycles. The summed E-state index contributed by atoms with van der Waals surface area (Å²) in [6, 6.07) is 21.9. The van der Waals surface area contributed by atoms with Gasteiger partial charge in [-0.1, -0.05) is 42.5 Å². The fraction of sp³-hybridized carbons (Fsp3) is 0.0870. The Morgan fingerprint density at radius 3 is 2.56 bits per heavy atom. The topological polar surface area (TPSA) is 31.2 Å². The zero-order valence-corrected chi connectivity index (χ0v) is 14.9. The minimum Gasteiger partial charge on any atom is -0.496 e. The summed E-state index contributed by atoms with van der Waals surface area (Å²) in [4.78, 5) is 12.8. The molecule has 0 atom stereocenters. The van der Waals surface area contributed by atoms with E-state index in [9.17, 15) is 9.18 Å². The number of benzene rings is 3. The normalized spacial score (nSPS) is 10.9. The first-order valence-corrected chi connectivity index (χ1v) is 8.67. The van der Waals surface area contributed by atoms with Crippen LogP contribution in [0.4, 0.5) is 4.39 Å². The van der Waals surface area contributed by atoms with E-state index in [4.69, 9.17) is 4.74 Å². The number of halogens is 1. The number of para-hydroxylation sites is 1. The zero-order chi connectivity index (χ0) is 18.8. The van der Waals surface area contributed by atoms with E-state index in [0.29, 0.717) is 10.9 Å². The fourth-order valence-electron chi connectivity index (χ4n) is 3.27. The summed E-state index contributed by atoms with van der Waals surface area (Å²) in [6.45, 7) is 0.204. The molecule has 0 fully saturated rings. The molecule has 134 valence electrons. The first-order chi connectivity index (χ1) is 13.2. The van der Waals surface area contributed by atoms with Crippen LogP contribution in [-0.2, 0) is 6.54 Å². The van der Waals surface area contributed by atoms with Crippen molar-refractivity contribution in [2.24, 2.45) is 0 Å². The van der Waals surface area contributed by atoms with Gasteiger partial charge >= 0.3 is 0 Å². The standard InChI is InChI=1S/C23H18FNO2/c1-27-22-9-5-3-7-19(22)16-10-11-20-17(14-16)12-13-25(23(20)26)15-18-6-2-4-8-21(18)24/h2-14H,15H2,1H3. The summed E-state index contributed by atoms with van der Waals surface area (Å²) in [6.07, 6.45) is 1.71. The van der Waals surface area contributed by atoms with Crippen molar-refractivity contribution in [1.29, 1.82) is 0 Å². The highest BCUT2D eigenvalue weighted by Gasteiger charge is 2.09. The Morgan fingerprint density at radius 1 is 0.963 bits per heavy atom. The van der Waals surface area contributed by atoms with Gasteiger partial charge in [0.25, 0.3) is 5.56 Å². The van der Waals surface area contributed by atoms with Crippen molar-refractivity contribution in [1.82, 2.24) is 4.57 Å². The van der Waals surface area contributed by atoms with Gasteiger partial charge in [-0.05, 0) is 41.3 Å². The highest BCUT2D eigenvalue weighted by molar-refractivity contribution is 5.87. The lowest BCUT2D eigenvalue weighted by Crippen LogP contribution is -2.20. The van der Waals surface area contributed by atoms with Crippen LogP contribution in [0.5, 0.6) is 5.75 Å². The lowest BCUT2D eigenvalue weighted by Gasteiger charge is -2.11. The van der Waals surface area contributed by atoms with Crippen LogP contribution in [0.1, 0.15) is 5.56 Å². The number of fused-ring (bicyclic) bond motifs is 1.